The molecule has 0 aliphatic heterocycles. The smallest absolute Gasteiger partial charge is 0.118 e. The van der Waals surface area contributed by atoms with Crippen LogP contribution in [0.4, 0.5) is 4.39 Å². The van der Waals surface area contributed by atoms with Crippen molar-refractivity contribution in [2.75, 3.05) is 0 Å². The van der Waals surface area contributed by atoms with Crippen LogP contribution in [0.5, 0.6) is 0 Å². The summed E-state index contributed by atoms with van der Waals surface area (Å²) < 4.78 is 13.1. The van der Waals surface area contributed by atoms with Crippen molar-refractivity contribution in [3.8, 4) is 0 Å². The second-order valence-electron chi connectivity index (χ2n) is 3.98. The Bertz CT molecular complexity index is 180. The van der Waals surface area contributed by atoms with Crippen LogP contribution in [0, 0.1) is 0 Å². The Hall–Kier alpha value is -0.590. The van der Waals surface area contributed by atoms with Gasteiger partial charge < -0.3 is 0 Å². The summed E-state index contributed by atoms with van der Waals surface area (Å²) >= 11 is 0. The molecule has 0 rings (SSSR count). The Morgan fingerprint density at radius 2 is 1.53 bits per heavy atom. The molecule has 0 nitrogen and oxygen atoms in total. The fourth-order valence-corrected chi connectivity index (χ4v) is 1.41. The van der Waals surface area contributed by atoms with E-state index in [-0.39, 0.29) is 5.83 Å². The van der Waals surface area contributed by atoms with E-state index in [1.54, 1.807) is 12.2 Å². The molecule has 0 bridgehead atoms. The van der Waals surface area contributed by atoms with Gasteiger partial charge in [0.05, 0.1) is 0 Å². The van der Waals surface area contributed by atoms with Crippen LogP contribution in [-0.2, 0) is 0 Å². The fourth-order valence-electron chi connectivity index (χ4n) is 1.41. The second-order valence-corrected chi connectivity index (χ2v) is 3.98. The van der Waals surface area contributed by atoms with Crippen molar-refractivity contribution in [3.63, 3.8) is 0 Å². The maximum atomic E-state index is 13.1. The summed E-state index contributed by atoms with van der Waals surface area (Å²) in [6, 6.07) is 0. The lowest BCUT2D eigenvalue weighted by Crippen LogP contribution is -1.74. The summed E-state index contributed by atoms with van der Waals surface area (Å²) in [5.41, 5.74) is 0. The summed E-state index contributed by atoms with van der Waals surface area (Å²) in [5, 5.41) is 0. The first kappa shape index (κ1) is 14.4. The standard InChI is InChI=1S/C14H25F/c1-3-5-7-9-11-13-14(15)12-10-8-6-4-2/h11-13H,3-10H2,1-2H3. The van der Waals surface area contributed by atoms with Crippen molar-refractivity contribution >= 4 is 0 Å². The van der Waals surface area contributed by atoms with Gasteiger partial charge in [0, 0.05) is 0 Å². The lowest BCUT2D eigenvalue weighted by Gasteiger charge is -1.93. The molecule has 0 N–H and O–H groups in total. The first-order valence-electron chi connectivity index (χ1n) is 6.33. The molecule has 0 aromatic rings. The van der Waals surface area contributed by atoms with Crippen LogP contribution in [0.25, 0.3) is 0 Å². The minimum absolute atomic E-state index is 0.0670. The molecule has 0 fully saturated rings. The molecule has 0 saturated heterocycles. The molecule has 0 atom stereocenters. The molecule has 0 amide bonds. The van der Waals surface area contributed by atoms with Gasteiger partial charge in [-0.2, -0.15) is 0 Å². The van der Waals surface area contributed by atoms with Crippen LogP contribution in [0.2, 0.25) is 0 Å². The van der Waals surface area contributed by atoms with Crippen molar-refractivity contribution < 1.29 is 4.39 Å². The summed E-state index contributed by atoms with van der Waals surface area (Å²) in [6.07, 6.45) is 14.3. The van der Waals surface area contributed by atoms with E-state index in [2.05, 4.69) is 13.8 Å². The van der Waals surface area contributed by atoms with Crippen molar-refractivity contribution in [2.24, 2.45) is 0 Å². The van der Waals surface area contributed by atoms with Gasteiger partial charge in [0.2, 0.25) is 0 Å². The predicted octanol–water partition coefficient (Wildman–Crippen LogP) is 5.56. The van der Waals surface area contributed by atoms with Gasteiger partial charge >= 0.3 is 0 Å². The molecule has 0 aliphatic carbocycles. The monoisotopic (exact) mass is 212 g/mol. The number of hydrogen-bond acceptors (Lipinski definition) is 0. The highest BCUT2D eigenvalue weighted by atomic mass is 19.1. The molecule has 0 unspecified atom stereocenters. The molecule has 15 heavy (non-hydrogen) atoms. The zero-order chi connectivity index (χ0) is 11.4. The zero-order valence-electron chi connectivity index (χ0n) is 10.3. The Morgan fingerprint density at radius 1 is 0.933 bits per heavy atom. The number of hydrogen-bond donors (Lipinski definition) is 0. The van der Waals surface area contributed by atoms with Crippen LogP contribution in [0.15, 0.2) is 24.1 Å². The molecular weight excluding hydrogens is 187 g/mol. The van der Waals surface area contributed by atoms with Gasteiger partial charge in [-0.25, -0.2) is 4.39 Å². The average Bonchev–Trinajstić information content (AvgIpc) is 2.24. The molecule has 88 valence electrons. The Morgan fingerprint density at radius 3 is 2.13 bits per heavy atom. The van der Waals surface area contributed by atoms with E-state index >= 15 is 0 Å². The molecule has 0 saturated carbocycles. The molecule has 0 aromatic heterocycles. The summed E-state index contributed by atoms with van der Waals surface area (Å²) in [4.78, 5) is 0. The van der Waals surface area contributed by atoms with Gasteiger partial charge in [0.25, 0.3) is 0 Å². The average molecular weight is 212 g/mol. The minimum atomic E-state index is -0.0670. The highest BCUT2D eigenvalue weighted by Gasteiger charge is 1.88. The third kappa shape index (κ3) is 11.3. The highest BCUT2D eigenvalue weighted by molar-refractivity contribution is 5.10. The Labute approximate surface area is 94.3 Å². The zero-order valence-corrected chi connectivity index (χ0v) is 10.3. The molecule has 0 spiro atoms. The van der Waals surface area contributed by atoms with E-state index in [0.29, 0.717) is 0 Å². The topological polar surface area (TPSA) is 0 Å². The van der Waals surface area contributed by atoms with Crippen molar-refractivity contribution in [2.45, 2.75) is 65.2 Å². The predicted molar refractivity (Wildman–Crippen MR) is 66.6 cm³/mol. The first-order valence-corrected chi connectivity index (χ1v) is 6.33. The summed E-state index contributed by atoms with van der Waals surface area (Å²) in [7, 11) is 0. The number of allylic oxidation sites excluding steroid dienone is 4. The van der Waals surface area contributed by atoms with Crippen LogP contribution in [0.1, 0.15) is 65.2 Å². The van der Waals surface area contributed by atoms with Gasteiger partial charge in [-0.3, -0.25) is 0 Å². The largest absolute Gasteiger partial charge is 0.207 e. The van der Waals surface area contributed by atoms with Crippen LogP contribution < -0.4 is 0 Å². The minimum Gasteiger partial charge on any atom is -0.207 e. The highest BCUT2D eigenvalue weighted by Crippen LogP contribution is 2.07. The third-order valence-corrected chi connectivity index (χ3v) is 2.40. The van der Waals surface area contributed by atoms with Crippen molar-refractivity contribution in [3.05, 3.63) is 24.1 Å². The second kappa shape index (κ2) is 11.5. The van der Waals surface area contributed by atoms with Gasteiger partial charge in [-0.15, -0.1) is 0 Å². The van der Waals surface area contributed by atoms with Crippen molar-refractivity contribution in [1.82, 2.24) is 0 Å². The maximum Gasteiger partial charge on any atom is 0.118 e. The number of halogens is 1. The molecule has 0 aromatic carbocycles. The molecule has 0 aliphatic rings. The number of unbranched alkanes of at least 4 members (excludes halogenated alkanes) is 6. The van der Waals surface area contributed by atoms with E-state index < -0.39 is 0 Å². The van der Waals surface area contributed by atoms with Gasteiger partial charge in [-0.1, -0.05) is 45.6 Å². The van der Waals surface area contributed by atoms with Gasteiger partial charge in [0.15, 0.2) is 0 Å². The van der Waals surface area contributed by atoms with Gasteiger partial charge in [0.1, 0.15) is 5.83 Å². The Kier molecular flexibility index (Phi) is 11.0. The van der Waals surface area contributed by atoms with Crippen LogP contribution >= 0.6 is 0 Å². The molecule has 0 radical (unpaired) electrons. The first-order chi connectivity index (χ1) is 7.31. The molecule has 0 heterocycles. The van der Waals surface area contributed by atoms with E-state index in [1.165, 1.54) is 32.1 Å². The Balaban J connectivity index is 3.48. The summed E-state index contributed by atoms with van der Waals surface area (Å²) in [5.74, 6) is -0.0670. The molecule has 1 heteroatoms. The summed E-state index contributed by atoms with van der Waals surface area (Å²) in [6.45, 7) is 4.34. The van der Waals surface area contributed by atoms with E-state index in [1.807, 2.05) is 6.08 Å². The van der Waals surface area contributed by atoms with E-state index in [4.69, 9.17) is 0 Å². The maximum absolute atomic E-state index is 13.1. The quantitative estimate of drug-likeness (QED) is 0.347. The van der Waals surface area contributed by atoms with Crippen LogP contribution in [-0.4, -0.2) is 0 Å². The SMILES string of the molecule is CCCCCC=CC(F)=CCCCCC. The number of rotatable bonds is 9. The third-order valence-electron chi connectivity index (χ3n) is 2.40. The lowest BCUT2D eigenvalue weighted by atomic mass is 10.2. The van der Waals surface area contributed by atoms with Gasteiger partial charge in [-0.05, 0) is 37.8 Å². The van der Waals surface area contributed by atoms with E-state index in [0.717, 1.165) is 19.3 Å². The normalized spacial score (nSPS) is 12.6. The van der Waals surface area contributed by atoms with Crippen LogP contribution in [0.3, 0.4) is 0 Å². The van der Waals surface area contributed by atoms with Crippen molar-refractivity contribution in [1.29, 1.82) is 0 Å². The lowest BCUT2D eigenvalue weighted by molar-refractivity contribution is 0.647. The molecular formula is C14H25F. The fraction of sp³-hybridized carbons (Fsp3) is 0.714. The van der Waals surface area contributed by atoms with E-state index in [9.17, 15) is 4.39 Å².